The molecular weight excluding hydrogens is 418 g/mol. The molecule has 0 fully saturated rings. The first kappa shape index (κ1) is 21.0. The Balaban J connectivity index is 0. The summed E-state index contributed by atoms with van der Waals surface area (Å²) in [6.07, 6.45) is 0. The number of rotatable bonds is 6. The SMILES string of the molecule is O=[N+]([O-])[Rh]([N+](=O)[O-])([N+](=O)[O-])([N+](=O)[O-])([N+](=O)[O-])[N+](=O)[O-].[KH]. The van der Waals surface area contributed by atoms with Crippen LogP contribution in [0.15, 0.2) is 0 Å². The van der Waals surface area contributed by atoms with Gasteiger partial charge in [0.2, 0.25) is 0 Å². The monoisotopic (exact) mass is 419 g/mol. The molecule has 0 aliphatic heterocycles. The van der Waals surface area contributed by atoms with Gasteiger partial charge in [0.25, 0.3) is 0 Å². The zero-order chi connectivity index (χ0) is 15.9. The molecule has 18 nitrogen and oxygen atoms in total. The molecule has 0 aliphatic rings. The molecule has 0 spiro atoms. The van der Waals surface area contributed by atoms with Crippen molar-refractivity contribution in [2.24, 2.45) is 0 Å². The van der Waals surface area contributed by atoms with Crippen LogP contribution >= 0.6 is 0 Å². The Hall–Kier alpha value is -1.34. The van der Waals surface area contributed by atoms with Crippen molar-refractivity contribution < 1.29 is 35.9 Å². The summed E-state index contributed by atoms with van der Waals surface area (Å²) in [4.78, 5) is 63.3. The molecule has 20 heavy (non-hydrogen) atoms. The van der Waals surface area contributed by atoms with Crippen LogP contribution in [-0.4, -0.2) is 73.4 Å². The average Bonchev–Trinajstić information content (AvgIpc) is 2.15. The molecule has 0 aliphatic carbocycles. The van der Waals surface area contributed by atoms with Crippen LogP contribution in [0.25, 0.3) is 0 Å². The Morgan fingerprint density at radius 2 is 0.550 bits per heavy atom. The van der Waals surface area contributed by atoms with Crippen molar-refractivity contribution in [3.8, 4) is 0 Å². The zero-order valence-electron chi connectivity index (χ0n) is 7.92. The Bertz CT molecular complexity index is 431. The van der Waals surface area contributed by atoms with Crippen LogP contribution in [0.1, 0.15) is 0 Å². The second kappa shape index (κ2) is 4.89. The van der Waals surface area contributed by atoms with Gasteiger partial charge in [-0.2, -0.15) is 0 Å². The van der Waals surface area contributed by atoms with Gasteiger partial charge in [-0.05, 0) is 0 Å². The van der Waals surface area contributed by atoms with E-state index >= 15 is 0 Å². The van der Waals surface area contributed by atoms with E-state index in [1.165, 1.54) is 0 Å². The van der Waals surface area contributed by atoms with Gasteiger partial charge in [0.15, 0.2) is 0 Å². The fraction of sp³-hybridized carbons (Fsp3) is 0. The van der Waals surface area contributed by atoms with Gasteiger partial charge in [-0.25, -0.2) is 0 Å². The Morgan fingerprint density at radius 1 is 0.450 bits per heavy atom. The van der Waals surface area contributed by atoms with Gasteiger partial charge in [0, 0.05) is 0 Å². The molecule has 0 radical (unpaired) electrons. The average molecular weight is 419 g/mol. The fourth-order valence-electron chi connectivity index (χ4n) is 0.667. The van der Waals surface area contributed by atoms with Crippen LogP contribution in [0.3, 0.4) is 0 Å². The van der Waals surface area contributed by atoms with E-state index in [2.05, 4.69) is 0 Å². The Morgan fingerprint density at radius 3 is 0.550 bits per heavy atom. The topological polar surface area (TPSA) is 259 Å². The van der Waals surface area contributed by atoms with Crippen molar-refractivity contribution >= 4 is 51.4 Å². The fourth-order valence-corrected chi connectivity index (χ4v) is 3.94. The van der Waals surface area contributed by atoms with E-state index in [9.17, 15) is 60.7 Å². The van der Waals surface area contributed by atoms with Crippen molar-refractivity contribution in [2.45, 2.75) is 0 Å². The van der Waals surface area contributed by atoms with Gasteiger partial charge in [0.05, 0.1) is 0 Å². The van der Waals surface area contributed by atoms with Crippen molar-refractivity contribution in [1.29, 1.82) is 0 Å². The molecule has 0 amide bonds. The maximum absolute atomic E-state index is 10.8. The third-order valence-corrected chi connectivity index (χ3v) is 9.66. The first-order valence-corrected chi connectivity index (χ1v) is 7.48. The predicted octanol–water partition coefficient (Wildman–Crippen LogP) is -2.29. The second-order valence-corrected chi connectivity index (χ2v) is 10.7. The second-order valence-electron chi connectivity index (χ2n) is 2.18. The predicted molar refractivity (Wildman–Crippen MR) is 49.1 cm³/mol. The molecule has 0 atom stereocenters. The molecular formula is HKN6O12Rh. The van der Waals surface area contributed by atoms with Gasteiger partial charge in [0.1, 0.15) is 0 Å². The van der Waals surface area contributed by atoms with Gasteiger partial charge in [-0.3, -0.25) is 0 Å². The van der Waals surface area contributed by atoms with Crippen molar-refractivity contribution in [1.82, 2.24) is 0 Å². The molecule has 0 saturated carbocycles. The molecule has 0 aromatic carbocycles. The van der Waals surface area contributed by atoms with Crippen molar-refractivity contribution in [2.75, 3.05) is 0 Å². The van der Waals surface area contributed by atoms with Crippen LogP contribution in [0.4, 0.5) is 0 Å². The van der Waals surface area contributed by atoms with Gasteiger partial charge in [-0.1, -0.05) is 0 Å². The minimum absolute atomic E-state index is 0. The van der Waals surface area contributed by atoms with E-state index in [0.29, 0.717) is 0 Å². The van der Waals surface area contributed by atoms with Crippen molar-refractivity contribution in [3.63, 3.8) is 0 Å². The summed E-state index contributed by atoms with van der Waals surface area (Å²) < 4.78 is -19.4. The molecule has 0 unspecified atom stereocenters. The summed E-state index contributed by atoms with van der Waals surface area (Å²) in [5.41, 5.74) is 0. The van der Waals surface area contributed by atoms with Crippen LogP contribution in [-0.2, 0) is 13.9 Å². The number of nitrogens with zero attached hydrogens (tertiary/aromatic N) is 6. The van der Waals surface area contributed by atoms with Crippen LogP contribution < -0.4 is 0 Å². The normalized spacial score (nSPS) is 13.8. The van der Waals surface area contributed by atoms with E-state index in [1.54, 1.807) is 0 Å². The standard InChI is InChI=1S/K.6NO2.Rh.H/c;6*2-1-3;;. The van der Waals surface area contributed by atoms with Gasteiger partial charge < -0.3 is 0 Å². The molecule has 0 bridgehead atoms. The molecule has 113 valence electrons. The summed E-state index contributed by atoms with van der Waals surface area (Å²) in [7, 11) is 0. The first-order valence-electron chi connectivity index (χ1n) is 3.09. The third-order valence-electron chi connectivity index (χ3n) is 1.63. The minimum atomic E-state index is -10.8. The number of hydrogen-bond acceptors (Lipinski definition) is 12. The van der Waals surface area contributed by atoms with E-state index in [1.807, 2.05) is 0 Å². The molecule has 0 aromatic rings. The summed E-state index contributed by atoms with van der Waals surface area (Å²) in [5, 5.41) is 63.3. The Labute approximate surface area is 146 Å². The summed E-state index contributed by atoms with van der Waals surface area (Å²) in [5.74, 6) is 0. The van der Waals surface area contributed by atoms with Gasteiger partial charge in [-0.15, -0.1) is 0 Å². The quantitative estimate of drug-likeness (QED) is 0.250. The van der Waals surface area contributed by atoms with E-state index in [4.69, 9.17) is 0 Å². The number of hydrogen-bond donors (Lipinski definition) is 0. The van der Waals surface area contributed by atoms with Crippen LogP contribution in [0.2, 0.25) is 0 Å². The molecule has 0 N–H and O–H groups in total. The first-order chi connectivity index (χ1) is 8.34. The molecule has 20 heteroatoms. The number of nitro groups is 6. The van der Waals surface area contributed by atoms with E-state index in [0.717, 1.165) is 0 Å². The molecule has 0 rings (SSSR count). The zero-order valence-corrected chi connectivity index (χ0v) is 9.55. The van der Waals surface area contributed by atoms with E-state index in [-0.39, 0.29) is 51.4 Å². The summed E-state index contributed by atoms with van der Waals surface area (Å²) >= 11 is -10.8. The molecule has 0 aromatic heterocycles. The Kier molecular flexibility index (Phi) is 5.13. The van der Waals surface area contributed by atoms with Crippen LogP contribution in [0, 0.1) is 60.7 Å². The van der Waals surface area contributed by atoms with Crippen molar-refractivity contribution in [3.05, 3.63) is 60.7 Å². The molecule has 0 saturated heterocycles. The maximum atomic E-state index is 10.5. The van der Waals surface area contributed by atoms with Crippen LogP contribution in [0.5, 0.6) is 0 Å². The van der Waals surface area contributed by atoms with Gasteiger partial charge >= 0.3 is 148 Å². The molecule has 0 heterocycles. The van der Waals surface area contributed by atoms with E-state index < -0.39 is 35.9 Å². The third kappa shape index (κ3) is 1.19. The summed E-state index contributed by atoms with van der Waals surface area (Å²) in [6, 6.07) is 0. The summed E-state index contributed by atoms with van der Waals surface area (Å²) in [6.45, 7) is 0.